The molecule has 2 rings (SSSR count). The number of carbonyl (C=O) groups excluding carboxylic acids is 1. The van der Waals surface area contributed by atoms with Crippen LogP contribution in [0.4, 0.5) is 16.4 Å². The molecule has 0 aliphatic carbocycles. The SMILES string of the molecule is CCc1ccccc1NS(=O)(=O)NC(=O)Nc1nc(C)cc(OC)n1. The van der Waals surface area contributed by atoms with E-state index in [1.165, 1.54) is 7.11 Å². The van der Waals surface area contributed by atoms with E-state index in [-0.39, 0.29) is 11.8 Å². The zero-order valence-electron chi connectivity index (χ0n) is 14.0. The molecule has 0 atom stereocenters. The van der Waals surface area contributed by atoms with Crippen LogP contribution >= 0.6 is 0 Å². The Hall–Kier alpha value is -2.88. The van der Waals surface area contributed by atoms with Crippen molar-refractivity contribution in [3.8, 4) is 5.88 Å². The number of methoxy groups -OCH3 is 1. The summed E-state index contributed by atoms with van der Waals surface area (Å²) in [5, 5.41) is 2.26. The molecule has 2 amide bonds. The van der Waals surface area contributed by atoms with Crippen molar-refractivity contribution in [2.24, 2.45) is 0 Å². The normalized spacial score (nSPS) is 10.8. The van der Waals surface area contributed by atoms with Crippen molar-refractivity contribution in [3.63, 3.8) is 0 Å². The molecule has 1 aromatic carbocycles. The van der Waals surface area contributed by atoms with Crippen LogP contribution in [0.25, 0.3) is 0 Å². The highest BCUT2D eigenvalue weighted by Crippen LogP contribution is 2.16. The zero-order chi connectivity index (χ0) is 18.4. The first kappa shape index (κ1) is 18.5. The van der Waals surface area contributed by atoms with Gasteiger partial charge in [-0.05, 0) is 25.0 Å². The van der Waals surface area contributed by atoms with Crippen LogP contribution in [0, 0.1) is 6.92 Å². The molecule has 0 radical (unpaired) electrons. The van der Waals surface area contributed by atoms with E-state index in [1.54, 1.807) is 37.3 Å². The van der Waals surface area contributed by atoms with Crippen molar-refractivity contribution in [3.05, 3.63) is 41.6 Å². The van der Waals surface area contributed by atoms with E-state index in [1.807, 2.05) is 11.6 Å². The number of benzene rings is 1. The van der Waals surface area contributed by atoms with Crippen LogP contribution in [-0.4, -0.2) is 31.5 Å². The molecule has 1 heterocycles. The van der Waals surface area contributed by atoms with Gasteiger partial charge in [0.05, 0.1) is 12.8 Å². The Morgan fingerprint density at radius 3 is 2.64 bits per heavy atom. The predicted octanol–water partition coefficient (Wildman–Crippen LogP) is 1.83. The predicted molar refractivity (Wildman–Crippen MR) is 93.8 cm³/mol. The second-order valence-electron chi connectivity index (χ2n) is 5.05. The topological polar surface area (TPSA) is 122 Å². The summed E-state index contributed by atoms with van der Waals surface area (Å²) in [6.07, 6.45) is 0.641. The maximum absolute atomic E-state index is 12.1. The summed E-state index contributed by atoms with van der Waals surface area (Å²) in [5.74, 6) is 0.180. The highest BCUT2D eigenvalue weighted by molar-refractivity contribution is 7.91. The van der Waals surface area contributed by atoms with Gasteiger partial charge in [0.1, 0.15) is 0 Å². The lowest BCUT2D eigenvalue weighted by atomic mass is 10.1. The van der Waals surface area contributed by atoms with Gasteiger partial charge in [0.15, 0.2) is 0 Å². The van der Waals surface area contributed by atoms with Crippen LogP contribution in [0.5, 0.6) is 5.88 Å². The Morgan fingerprint density at radius 1 is 1.24 bits per heavy atom. The van der Waals surface area contributed by atoms with Crippen LogP contribution in [-0.2, 0) is 16.6 Å². The van der Waals surface area contributed by atoms with E-state index >= 15 is 0 Å². The summed E-state index contributed by atoms with van der Waals surface area (Å²) in [6.45, 7) is 3.59. The summed E-state index contributed by atoms with van der Waals surface area (Å²) in [6, 6.07) is 7.50. The van der Waals surface area contributed by atoms with Gasteiger partial charge in [-0.25, -0.2) is 14.5 Å². The summed E-state index contributed by atoms with van der Waals surface area (Å²) in [5.41, 5.74) is 1.76. The number of nitrogens with one attached hydrogen (secondary N) is 3. The number of aromatic nitrogens is 2. The molecular weight excluding hydrogens is 346 g/mol. The average Bonchev–Trinajstić information content (AvgIpc) is 2.53. The Balaban J connectivity index is 2.07. The van der Waals surface area contributed by atoms with Crippen LogP contribution in [0.1, 0.15) is 18.2 Å². The molecule has 0 unspecified atom stereocenters. The minimum Gasteiger partial charge on any atom is -0.481 e. The maximum atomic E-state index is 12.1. The monoisotopic (exact) mass is 365 g/mol. The fourth-order valence-electron chi connectivity index (χ4n) is 2.05. The Kier molecular flexibility index (Phi) is 5.75. The van der Waals surface area contributed by atoms with Crippen LogP contribution in [0.3, 0.4) is 0 Å². The van der Waals surface area contributed by atoms with E-state index in [9.17, 15) is 13.2 Å². The van der Waals surface area contributed by atoms with Gasteiger partial charge in [0.25, 0.3) is 0 Å². The van der Waals surface area contributed by atoms with E-state index in [4.69, 9.17) is 4.74 Å². The van der Waals surface area contributed by atoms with Gasteiger partial charge in [0, 0.05) is 11.8 Å². The summed E-state index contributed by atoms with van der Waals surface area (Å²) in [7, 11) is -2.69. The molecule has 2 aromatic rings. The van der Waals surface area contributed by atoms with Crippen molar-refractivity contribution < 1.29 is 17.9 Å². The van der Waals surface area contributed by atoms with Gasteiger partial charge in [-0.2, -0.15) is 13.4 Å². The van der Waals surface area contributed by atoms with Crippen LogP contribution in [0.2, 0.25) is 0 Å². The number of anilines is 2. The van der Waals surface area contributed by atoms with Crippen molar-refractivity contribution in [2.45, 2.75) is 20.3 Å². The number of ether oxygens (including phenoxy) is 1. The van der Waals surface area contributed by atoms with Crippen molar-refractivity contribution in [2.75, 3.05) is 17.1 Å². The third kappa shape index (κ3) is 5.31. The number of amides is 2. The molecule has 3 N–H and O–H groups in total. The number of carbonyl (C=O) groups is 1. The lowest BCUT2D eigenvalue weighted by molar-refractivity contribution is 0.256. The molecule has 10 heteroatoms. The summed E-state index contributed by atoms with van der Waals surface area (Å²) in [4.78, 5) is 19.8. The van der Waals surface area contributed by atoms with E-state index in [2.05, 4.69) is 20.0 Å². The fourth-order valence-corrected chi connectivity index (χ4v) is 2.88. The first-order valence-corrected chi connectivity index (χ1v) is 8.90. The third-order valence-electron chi connectivity index (χ3n) is 3.13. The first-order chi connectivity index (χ1) is 11.8. The second kappa shape index (κ2) is 7.79. The standard InChI is InChI=1S/C15H19N5O4S/c1-4-11-7-5-6-8-12(11)19-25(22,23)20-15(21)18-14-16-10(2)9-13(17-14)24-3/h5-9,19H,4H2,1-3H3,(H2,16,17,18,20,21). The first-order valence-electron chi connectivity index (χ1n) is 7.42. The van der Waals surface area contributed by atoms with Crippen LogP contribution in [0.15, 0.2) is 30.3 Å². The van der Waals surface area contributed by atoms with Gasteiger partial charge in [-0.3, -0.25) is 10.0 Å². The molecule has 1 aromatic heterocycles. The number of nitrogens with zero attached hydrogens (tertiary/aromatic N) is 2. The molecule has 0 fully saturated rings. The molecular formula is C15H19N5O4S. The maximum Gasteiger partial charge on any atom is 0.336 e. The molecule has 0 bridgehead atoms. The Bertz CT molecular complexity index is 870. The number of rotatable bonds is 6. The zero-order valence-corrected chi connectivity index (χ0v) is 14.8. The fraction of sp³-hybridized carbons (Fsp3) is 0.267. The number of hydrogen-bond donors (Lipinski definition) is 3. The van der Waals surface area contributed by atoms with Gasteiger partial charge < -0.3 is 4.74 Å². The van der Waals surface area contributed by atoms with E-state index in [0.29, 0.717) is 17.8 Å². The van der Waals surface area contributed by atoms with Gasteiger partial charge in [-0.15, -0.1) is 0 Å². The molecule has 25 heavy (non-hydrogen) atoms. The van der Waals surface area contributed by atoms with Crippen molar-refractivity contribution >= 4 is 27.9 Å². The molecule has 134 valence electrons. The quantitative estimate of drug-likeness (QED) is 0.718. The van der Waals surface area contributed by atoms with Crippen molar-refractivity contribution in [1.29, 1.82) is 0 Å². The minimum absolute atomic E-state index is 0.0708. The molecule has 0 aliphatic heterocycles. The van der Waals surface area contributed by atoms with Crippen molar-refractivity contribution in [1.82, 2.24) is 14.7 Å². The highest BCUT2D eigenvalue weighted by atomic mass is 32.2. The average molecular weight is 365 g/mol. The number of para-hydroxylation sites is 1. The largest absolute Gasteiger partial charge is 0.481 e. The molecule has 0 aliphatic rings. The van der Waals surface area contributed by atoms with Crippen LogP contribution < -0.4 is 19.5 Å². The lowest BCUT2D eigenvalue weighted by Gasteiger charge is -2.12. The minimum atomic E-state index is -4.11. The third-order valence-corrected chi connectivity index (χ3v) is 4.08. The number of urea groups is 1. The molecule has 0 saturated carbocycles. The summed E-state index contributed by atoms with van der Waals surface area (Å²) >= 11 is 0. The highest BCUT2D eigenvalue weighted by Gasteiger charge is 2.17. The molecule has 9 nitrogen and oxygen atoms in total. The summed E-state index contributed by atoms with van der Waals surface area (Å²) < 4.78 is 33.4. The lowest BCUT2D eigenvalue weighted by Crippen LogP contribution is -2.38. The van der Waals surface area contributed by atoms with Gasteiger partial charge in [0.2, 0.25) is 11.8 Å². The number of hydrogen-bond acceptors (Lipinski definition) is 6. The molecule has 0 spiro atoms. The smallest absolute Gasteiger partial charge is 0.336 e. The van der Waals surface area contributed by atoms with E-state index in [0.717, 1.165) is 5.56 Å². The van der Waals surface area contributed by atoms with E-state index < -0.39 is 16.2 Å². The Morgan fingerprint density at radius 2 is 1.96 bits per heavy atom. The van der Waals surface area contributed by atoms with Gasteiger partial charge in [-0.1, -0.05) is 25.1 Å². The molecule has 0 saturated heterocycles. The number of aryl methyl sites for hydroxylation is 2. The second-order valence-corrected chi connectivity index (χ2v) is 6.46. The Labute approximate surface area is 146 Å². The van der Waals surface area contributed by atoms with Gasteiger partial charge >= 0.3 is 16.2 Å².